The molecule has 2 aromatic heterocycles. The Hall–Kier alpha value is -5.88. The molecule has 7 aromatic carbocycles. The molecular weight excluding hydrogens is 848 g/mol. The Morgan fingerprint density at radius 3 is 1.72 bits per heavy atom. The van der Waals surface area contributed by atoms with E-state index in [-0.39, 0.29) is 23.0 Å². The van der Waals surface area contributed by atoms with Gasteiger partial charge in [-0.3, -0.25) is 0 Å². The molecule has 0 N–H and O–H groups in total. The number of fused-ring (bicyclic) bond motifs is 7. The third-order valence-corrected chi connectivity index (χ3v) is 16.8. The molecule has 0 spiro atoms. The summed E-state index contributed by atoms with van der Waals surface area (Å²) in [6, 6.07) is 51.8. The molecule has 9 aromatic rings. The van der Waals surface area contributed by atoms with Gasteiger partial charge in [0.25, 0.3) is 6.71 Å². The maximum absolute atomic E-state index is 2.68. The van der Waals surface area contributed by atoms with Crippen molar-refractivity contribution in [2.45, 2.75) is 106 Å². The molecule has 0 saturated carbocycles. The minimum atomic E-state index is -0.0273. The second kappa shape index (κ2) is 15.3. The lowest BCUT2D eigenvalue weighted by Gasteiger charge is -2.45. The Balaban J connectivity index is 1.29. The minimum absolute atomic E-state index is 0.00624. The molecule has 0 aliphatic carbocycles. The molecule has 2 nitrogen and oxygen atoms in total. The first-order valence-corrected chi connectivity index (χ1v) is 25.7. The van der Waals surface area contributed by atoms with E-state index >= 15 is 0 Å². The number of hydrogen-bond donors (Lipinski definition) is 0. The van der Waals surface area contributed by atoms with E-state index in [1.165, 1.54) is 131 Å². The molecule has 334 valence electrons. The van der Waals surface area contributed by atoms with E-state index in [4.69, 9.17) is 0 Å². The Kier molecular flexibility index (Phi) is 9.99. The monoisotopic (exact) mass is 908 g/mol. The predicted octanol–water partition coefficient (Wildman–Crippen LogP) is 16.7. The van der Waals surface area contributed by atoms with Crippen molar-refractivity contribution in [3.63, 3.8) is 0 Å². The average Bonchev–Trinajstić information content (AvgIpc) is 3.88. The van der Waals surface area contributed by atoms with Gasteiger partial charge in [-0.05, 0) is 164 Å². The van der Waals surface area contributed by atoms with Crippen LogP contribution in [0, 0.1) is 27.7 Å². The van der Waals surface area contributed by atoms with Gasteiger partial charge in [0.2, 0.25) is 0 Å². The summed E-state index contributed by atoms with van der Waals surface area (Å²) in [6.07, 6.45) is 0. The lowest BCUT2D eigenvalue weighted by Crippen LogP contribution is -2.61. The molecule has 0 radical (unpaired) electrons. The first kappa shape index (κ1) is 43.7. The Morgan fingerprint density at radius 1 is 0.448 bits per heavy atom. The largest absolute Gasteiger partial charge is 0.311 e. The van der Waals surface area contributed by atoms with Gasteiger partial charge in [0, 0.05) is 36.9 Å². The van der Waals surface area contributed by atoms with E-state index in [0.717, 1.165) is 0 Å². The van der Waals surface area contributed by atoms with Crippen LogP contribution in [-0.2, 0) is 16.2 Å². The predicted molar refractivity (Wildman–Crippen MR) is 297 cm³/mol. The lowest BCUT2D eigenvalue weighted by atomic mass is 9.33. The second-order valence-electron chi connectivity index (χ2n) is 22.5. The van der Waals surface area contributed by atoms with Crippen LogP contribution in [0.25, 0.3) is 41.7 Å². The van der Waals surface area contributed by atoms with Crippen molar-refractivity contribution in [1.29, 1.82) is 0 Å². The van der Waals surface area contributed by atoms with Gasteiger partial charge in [-0.25, -0.2) is 0 Å². The van der Waals surface area contributed by atoms with Crippen LogP contribution in [0.1, 0.15) is 101 Å². The highest BCUT2D eigenvalue weighted by Gasteiger charge is 2.47. The summed E-state index contributed by atoms with van der Waals surface area (Å²) < 4.78 is 2.65. The lowest BCUT2D eigenvalue weighted by molar-refractivity contribution is 0.589. The van der Waals surface area contributed by atoms with Crippen LogP contribution >= 0.6 is 22.7 Å². The minimum Gasteiger partial charge on any atom is -0.311 e. The van der Waals surface area contributed by atoms with Gasteiger partial charge in [-0.1, -0.05) is 153 Å². The summed E-state index contributed by atoms with van der Waals surface area (Å²) in [5.74, 6) is 0. The summed E-state index contributed by atoms with van der Waals surface area (Å²) in [4.78, 5) is 6.65. The molecule has 4 heterocycles. The van der Waals surface area contributed by atoms with Crippen molar-refractivity contribution < 1.29 is 0 Å². The van der Waals surface area contributed by atoms with Crippen LogP contribution in [-0.4, -0.2) is 6.71 Å². The topological polar surface area (TPSA) is 6.48 Å². The van der Waals surface area contributed by atoms with Crippen molar-refractivity contribution in [2.24, 2.45) is 0 Å². The normalized spacial score (nSPS) is 13.7. The molecule has 5 heteroatoms. The smallest absolute Gasteiger partial charge is 0.254 e. The molecule has 2 aliphatic heterocycles. The molecule has 2 aliphatic rings. The number of thiophene rings is 2. The fourth-order valence-electron chi connectivity index (χ4n) is 11.0. The van der Waals surface area contributed by atoms with Crippen LogP contribution < -0.4 is 26.2 Å². The quantitative estimate of drug-likeness (QED) is 0.162. The number of rotatable bonds is 4. The van der Waals surface area contributed by atoms with Crippen molar-refractivity contribution >= 4 is 99.4 Å². The van der Waals surface area contributed by atoms with E-state index in [1.807, 2.05) is 22.7 Å². The van der Waals surface area contributed by atoms with Gasteiger partial charge in [0.1, 0.15) is 0 Å². The van der Waals surface area contributed by atoms with E-state index in [1.54, 1.807) is 0 Å². The number of aryl methyl sites for hydroxylation is 4. The fraction of sp³-hybridized carbons (Fsp3) is 0.258. The van der Waals surface area contributed by atoms with Crippen LogP contribution in [0.15, 0.2) is 133 Å². The average molecular weight is 909 g/mol. The van der Waals surface area contributed by atoms with E-state index in [2.05, 4.69) is 233 Å². The first-order chi connectivity index (χ1) is 31.8. The number of hydrogen-bond acceptors (Lipinski definition) is 4. The highest BCUT2D eigenvalue weighted by atomic mass is 32.1. The van der Waals surface area contributed by atoms with Crippen molar-refractivity contribution in [3.8, 4) is 21.6 Å². The summed E-state index contributed by atoms with van der Waals surface area (Å²) in [5, 5.41) is 3.99. The summed E-state index contributed by atoms with van der Waals surface area (Å²) in [6.45, 7) is 30.4. The Morgan fingerprint density at radius 2 is 1.06 bits per heavy atom. The van der Waals surface area contributed by atoms with Gasteiger partial charge < -0.3 is 9.80 Å². The van der Waals surface area contributed by atoms with Gasteiger partial charge >= 0.3 is 0 Å². The van der Waals surface area contributed by atoms with Crippen LogP contribution in [0.5, 0.6) is 0 Å². The SMILES string of the molecule is Cc1cc2c3c(c1)N(c1c(C)cc(C(C)(C)C)cc1C)c1sc4ccc(C(C)(C)C)cc4c1B3c1cc(-c3cc4ccccc4s3)ccc1N2c1c(C)cc(C(C)(C)C)cc1-c1ccccc1. The van der Waals surface area contributed by atoms with E-state index in [0.29, 0.717) is 0 Å². The van der Waals surface area contributed by atoms with Crippen LogP contribution in [0.4, 0.5) is 33.4 Å². The van der Waals surface area contributed by atoms with Crippen molar-refractivity contribution in [1.82, 2.24) is 0 Å². The highest BCUT2D eigenvalue weighted by molar-refractivity contribution is 7.26. The first-order valence-electron chi connectivity index (χ1n) is 24.0. The van der Waals surface area contributed by atoms with Gasteiger partial charge in [0.15, 0.2) is 0 Å². The highest BCUT2D eigenvalue weighted by Crippen LogP contribution is 2.52. The second-order valence-corrected chi connectivity index (χ2v) is 24.7. The number of benzene rings is 7. The molecule has 0 bridgehead atoms. The maximum Gasteiger partial charge on any atom is 0.254 e. The molecule has 0 saturated heterocycles. The number of nitrogens with zero attached hydrogens (tertiary/aromatic N) is 2. The zero-order valence-electron chi connectivity index (χ0n) is 41.5. The zero-order valence-corrected chi connectivity index (χ0v) is 43.1. The van der Waals surface area contributed by atoms with Crippen molar-refractivity contribution in [3.05, 3.63) is 172 Å². The zero-order chi connectivity index (χ0) is 47.1. The fourth-order valence-corrected chi connectivity index (χ4v) is 13.3. The van der Waals surface area contributed by atoms with E-state index in [9.17, 15) is 0 Å². The van der Waals surface area contributed by atoms with E-state index < -0.39 is 0 Å². The third kappa shape index (κ3) is 7.10. The molecule has 11 rings (SSSR count). The van der Waals surface area contributed by atoms with Gasteiger partial charge in [-0.2, -0.15) is 0 Å². The number of anilines is 6. The Bertz CT molecular complexity index is 3420. The summed E-state index contributed by atoms with van der Waals surface area (Å²) >= 11 is 3.86. The summed E-state index contributed by atoms with van der Waals surface area (Å²) in [7, 11) is 0. The van der Waals surface area contributed by atoms with Crippen molar-refractivity contribution in [2.75, 3.05) is 9.80 Å². The summed E-state index contributed by atoms with van der Waals surface area (Å²) in [5.41, 5.74) is 23.4. The standard InChI is InChI=1S/C62H61BN2S2/c1-36-27-50-56-51(28-36)65(57-37(2)29-44(30-38(57)3)61(8,9)10)59-55(47-34-43(60(5,6)7)24-26-53(47)67-59)63(56)48-32-42(54-33-41-21-17-18-22-52(41)66-54)23-25-49(48)64(50)58-39(4)31-45(62(11,12)13)35-46(58)40-19-15-14-16-20-40/h14-35H,1-13H3. The molecule has 0 atom stereocenters. The van der Waals surface area contributed by atoms with Crippen LogP contribution in [0.2, 0.25) is 0 Å². The molecular formula is C62H61BN2S2. The van der Waals surface area contributed by atoms with Gasteiger partial charge in [0.05, 0.1) is 16.4 Å². The Labute approximate surface area is 407 Å². The molecule has 0 amide bonds. The molecule has 67 heavy (non-hydrogen) atoms. The molecule has 0 fully saturated rings. The van der Waals surface area contributed by atoms with Crippen LogP contribution in [0.3, 0.4) is 0 Å². The molecule has 0 unspecified atom stereocenters. The van der Waals surface area contributed by atoms with Gasteiger partial charge in [-0.15, -0.1) is 22.7 Å². The maximum atomic E-state index is 2.68. The third-order valence-electron chi connectivity index (χ3n) is 14.5.